The Morgan fingerprint density at radius 1 is 1.29 bits per heavy atom. The van der Waals surface area contributed by atoms with E-state index in [1.807, 2.05) is 0 Å². The molecule has 0 spiro atoms. The van der Waals surface area contributed by atoms with Crippen molar-refractivity contribution in [2.24, 2.45) is 0 Å². The van der Waals surface area contributed by atoms with Crippen molar-refractivity contribution in [2.75, 3.05) is 7.11 Å². The quantitative estimate of drug-likeness (QED) is 0.921. The number of hydrogen-bond donors (Lipinski definition) is 1. The zero-order valence-electron chi connectivity index (χ0n) is 11.9. The molecule has 0 atom stereocenters. The van der Waals surface area contributed by atoms with Gasteiger partial charge in [-0.05, 0) is 38.1 Å². The second-order valence-corrected chi connectivity index (χ2v) is 6.33. The molecular weight excluding hydrogens is 297 g/mol. The van der Waals surface area contributed by atoms with Gasteiger partial charge >= 0.3 is 0 Å². The summed E-state index contributed by atoms with van der Waals surface area (Å²) in [6.45, 7) is 3.62. The molecule has 0 aliphatic rings. The topological polar surface area (TPSA) is 68.5 Å². The molecule has 1 aromatic heterocycles. The van der Waals surface area contributed by atoms with E-state index in [4.69, 9.17) is 9.15 Å². The molecule has 0 saturated carbocycles. The molecule has 2 aromatic rings. The zero-order valence-corrected chi connectivity index (χ0v) is 12.8. The summed E-state index contributed by atoms with van der Waals surface area (Å²) in [6, 6.07) is 5.25. The highest BCUT2D eigenvalue weighted by molar-refractivity contribution is 7.89. The van der Waals surface area contributed by atoms with Crippen molar-refractivity contribution < 1.29 is 22.0 Å². The summed E-state index contributed by atoms with van der Waals surface area (Å²) in [5, 5.41) is 0. The molecule has 0 aliphatic heterocycles. The summed E-state index contributed by atoms with van der Waals surface area (Å²) < 4.78 is 50.3. The van der Waals surface area contributed by atoms with Crippen molar-refractivity contribution in [1.29, 1.82) is 0 Å². The minimum atomic E-state index is -3.80. The predicted molar refractivity (Wildman–Crippen MR) is 75.2 cm³/mol. The third kappa shape index (κ3) is 3.43. The first kappa shape index (κ1) is 15.5. The lowest BCUT2D eigenvalue weighted by Crippen LogP contribution is -2.23. The number of sulfonamides is 1. The third-order valence-electron chi connectivity index (χ3n) is 3.03. The summed E-state index contributed by atoms with van der Waals surface area (Å²) in [4.78, 5) is -0.154. The number of ether oxygens (including phenoxy) is 1. The lowest BCUT2D eigenvalue weighted by Gasteiger charge is -2.08. The van der Waals surface area contributed by atoms with Crippen LogP contribution in [0.2, 0.25) is 0 Å². The minimum absolute atomic E-state index is 0.00439. The van der Waals surface area contributed by atoms with Crippen LogP contribution >= 0.6 is 0 Å². The van der Waals surface area contributed by atoms with Crippen molar-refractivity contribution in [1.82, 2.24) is 4.72 Å². The van der Waals surface area contributed by atoms with E-state index in [1.54, 1.807) is 19.9 Å². The van der Waals surface area contributed by atoms with Crippen LogP contribution < -0.4 is 9.46 Å². The van der Waals surface area contributed by atoms with Crippen LogP contribution in [0.15, 0.2) is 33.6 Å². The molecule has 0 fully saturated rings. The SMILES string of the molecule is COc1ccc(S(=O)(=O)NCc2cc(C)oc2C)cc1F. The Labute approximate surface area is 122 Å². The van der Waals surface area contributed by atoms with E-state index in [0.29, 0.717) is 11.5 Å². The summed E-state index contributed by atoms with van der Waals surface area (Å²) in [5.41, 5.74) is 0.741. The lowest BCUT2D eigenvalue weighted by atomic mass is 10.2. The molecule has 1 N–H and O–H groups in total. The molecule has 5 nitrogen and oxygen atoms in total. The maximum absolute atomic E-state index is 13.6. The number of aryl methyl sites for hydroxylation is 2. The fraction of sp³-hybridized carbons (Fsp3) is 0.286. The van der Waals surface area contributed by atoms with Crippen molar-refractivity contribution >= 4 is 10.0 Å². The average Bonchev–Trinajstić information content (AvgIpc) is 2.74. The van der Waals surface area contributed by atoms with Crippen LogP contribution in [0, 0.1) is 19.7 Å². The molecule has 0 bridgehead atoms. The van der Waals surface area contributed by atoms with E-state index in [-0.39, 0.29) is 17.2 Å². The number of methoxy groups -OCH3 is 1. The standard InChI is InChI=1S/C14H16FNO4S/c1-9-6-11(10(2)20-9)8-16-21(17,18)12-4-5-14(19-3)13(15)7-12/h4-7,16H,8H2,1-3H3. The van der Waals surface area contributed by atoms with Gasteiger partial charge in [-0.25, -0.2) is 17.5 Å². The number of hydrogen-bond acceptors (Lipinski definition) is 4. The van der Waals surface area contributed by atoms with Gasteiger partial charge in [0.1, 0.15) is 11.5 Å². The van der Waals surface area contributed by atoms with Crippen molar-refractivity contribution in [2.45, 2.75) is 25.3 Å². The highest BCUT2D eigenvalue weighted by atomic mass is 32.2. The summed E-state index contributed by atoms with van der Waals surface area (Å²) in [5.74, 6) is 0.624. The monoisotopic (exact) mass is 313 g/mol. The molecule has 7 heteroatoms. The van der Waals surface area contributed by atoms with E-state index in [1.165, 1.54) is 19.2 Å². The maximum Gasteiger partial charge on any atom is 0.240 e. The van der Waals surface area contributed by atoms with Gasteiger partial charge in [0, 0.05) is 12.1 Å². The summed E-state index contributed by atoms with van der Waals surface area (Å²) in [6.07, 6.45) is 0. The van der Waals surface area contributed by atoms with Crippen LogP contribution in [0.4, 0.5) is 4.39 Å². The van der Waals surface area contributed by atoms with Crippen LogP contribution in [-0.4, -0.2) is 15.5 Å². The molecule has 114 valence electrons. The lowest BCUT2D eigenvalue weighted by molar-refractivity contribution is 0.385. The third-order valence-corrected chi connectivity index (χ3v) is 4.43. The smallest absolute Gasteiger partial charge is 0.240 e. The van der Waals surface area contributed by atoms with Gasteiger partial charge < -0.3 is 9.15 Å². The number of halogens is 1. The normalized spacial score (nSPS) is 11.6. The highest BCUT2D eigenvalue weighted by Crippen LogP contribution is 2.21. The molecule has 0 unspecified atom stereocenters. The van der Waals surface area contributed by atoms with Crippen LogP contribution in [-0.2, 0) is 16.6 Å². The predicted octanol–water partition coefficient (Wildman–Crippen LogP) is 2.52. The Kier molecular flexibility index (Phi) is 4.34. The molecular formula is C14H16FNO4S. The van der Waals surface area contributed by atoms with Crippen molar-refractivity contribution in [3.8, 4) is 5.75 Å². The fourth-order valence-corrected chi connectivity index (χ4v) is 2.95. The molecule has 21 heavy (non-hydrogen) atoms. The van der Waals surface area contributed by atoms with Gasteiger partial charge in [-0.15, -0.1) is 0 Å². The molecule has 1 aromatic carbocycles. The van der Waals surface area contributed by atoms with E-state index >= 15 is 0 Å². The first-order valence-electron chi connectivity index (χ1n) is 6.22. The first-order chi connectivity index (χ1) is 9.83. The summed E-state index contributed by atoms with van der Waals surface area (Å²) in [7, 11) is -2.49. The molecule has 1 heterocycles. The number of nitrogens with one attached hydrogen (secondary N) is 1. The van der Waals surface area contributed by atoms with Crippen molar-refractivity contribution in [3.05, 3.63) is 47.2 Å². The van der Waals surface area contributed by atoms with Gasteiger partial charge in [-0.1, -0.05) is 0 Å². The Bertz CT molecular complexity index is 752. The second kappa shape index (κ2) is 5.87. The summed E-state index contributed by atoms with van der Waals surface area (Å²) >= 11 is 0. The first-order valence-corrected chi connectivity index (χ1v) is 7.71. The van der Waals surface area contributed by atoms with Gasteiger partial charge in [0.2, 0.25) is 10.0 Å². The number of furan rings is 1. The van der Waals surface area contributed by atoms with Gasteiger partial charge in [-0.3, -0.25) is 0 Å². The van der Waals surface area contributed by atoms with E-state index in [2.05, 4.69) is 4.72 Å². The Morgan fingerprint density at radius 3 is 2.52 bits per heavy atom. The molecule has 0 radical (unpaired) electrons. The Hall–Kier alpha value is -1.86. The van der Waals surface area contributed by atoms with E-state index in [9.17, 15) is 12.8 Å². The number of rotatable bonds is 5. The van der Waals surface area contributed by atoms with Gasteiger partial charge in [0.25, 0.3) is 0 Å². The van der Waals surface area contributed by atoms with Crippen LogP contribution in [0.1, 0.15) is 17.1 Å². The second-order valence-electron chi connectivity index (χ2n) is 4.56. The largest absolute Gasteiger partial charge is 0.494 e. The van der Waals surface area contributed by atoms with E-state index in [0.717, 1.165) is 11.6 Å². The van der Waals surface area contributed by atoms with E-state index < -0.39 is 15.8 Å². The molecule has 0 aliphatic carbocycles. The molecule has 2 rings (SSSR count). The van der Waals surface area contributed by atoms with Gasteiger partial charge in [0.05, 0.1) is 12.0 Å². The Balaban J connectivity index is 2.18. The maximum atomic E-state index is 13.6. The molecule has 0 amide bonds. The highest BCUT2D eigenvalue weighted by Gasteiger charge is 2.17. The van der Waals surface area contributed by atoms with Crippen LogP contribution in [0.25, 0.3) is 0 Å². The van der Waals surface area contributed by atoms with Crippen molar-refractivity contribution in [3.63, 3.8) is 0 Å². The average molecular weight is 313 g/mol. The van der Waals surface area contributed by atoms with Gasteiger partial charge in [-0.2, -0.15) is 0 Å². The Morgan fingerprint density at radius 2 is 2.00 bits per heavy atom. The fourth-order valence-electron chi connectivity index (χ4n) is 1.93. The van der Waals surface area contributed by atoms with Crippen LogP contribution in [0.5, 0.6) is 5.75 Å². The molecule has 0 saturated heterocycles. The minimum Gasteiger partial charge on any atom is -0.494 e. The van der Waals surface area contributed by atoms with Gasteiger partial charge in [0.15, 0.2) is 11.6 Å². The van der Waals surface area contributed by atoms with Crippen LogP contribution in [0.3, 0.4) is 0 Å². The zero-order chi connectivity index (χ0) is 15.6. The number of benzene rings is 1.